The van der Waals surface area contributed by atoms with Crippen molar-refractivity contribution in [3.8, 4) is 5.75 Å². The molecule has 0 aliphatic heterocycles. The molecule has 0 saturated heterocycles. The molecule has 6 N–H and O–H groups in total. The molecule has 0 aromatic heterocycles. The molecule has 1 aromatic carbocycles. The van der Waals surface area contributed by atoms with Gasteiger partial charge >= 0.3 is 6.18 Å². The van der Waals surface area contributed by atoms with Crippen LogP contribution in [0.3, 0.4) is 0 Å². The van der Waals surface area contributed by atoms with E-state index >= 15 is 0 Å². The number of likely N-dealkylation sites (N-methyl/N-ethyl adjacent to an activating group) is 1. The summed E-state index contributed by atoms with van der Waals surface area (Å²) >= 11 is 0. The minimum absolute atomic E-state index is 0.0855. The molecule has 10 nitrogen and oxygen atoms in total. The van der Waals surface area contributed by atoms with Crippen molar-refractivity contribution in [1.29, 1.82) is 0 Å². The lowest BCUT2D eigenvalue weighted by Gasteiger charge is -2.50. The van der Waals surface area contributed by atoms with Crippen molar-refractivity contribution in [2.45, 2.75) is 75.9 Å². The number of ketones is 2. The molecule has 234 valence electrons. The summed E-state index contributed by atoms with van der Waals surface area (Å²) < 4.78 is 44.4. The lowest BCUT2D eigenvalue weighted by atomic mass is 9.58. The Hall–Kier alpha value is -3.42. The van der Waals surface area contributed by atoms with Gasteiger partial charge in [0.05, 0.1) is 17.2 Å². The molecule has 1 fully saturated rings. The first-order valence-corrected chi connectivity index (χ1v) is 14.4. The van der Waals surface area contributed by atoms with E-state index in [1.165, 1.54) is 19.0 Å². The van der Waals surface area contributed by atoms with Gasteiger partial charge in [-0.2, -0.15) is 13.2 Å². The SMILES string of the molecule is CCN(Cc1cc(O)c2c(c1C(F)(F)F)C[C@H]1C[C@H]3[C@H](N(C)C)C(O)=C(C(N)=O)C(=O)[C@@]3(O)C(O)=C1C2=O)C1CCCC1. The van der Waals surface area contributed by atoms with E-state index in [0.29, 0.717) is 6.54 Å². The zero-order chi connectivity index (χ0) is 31.8. The quantitative estimate of drug-likeness (QED) is 0.306. The third kappa shape index (κ3) is 4.63. The van der Waals surface area contributed by atoms with E-state index in [2.05, 4.69) is 0 Å². The maximum Gasteiger partial charge on any atom is 0.417 e. The van der Waals surface area contributed by atoms with Gasteiger partial charge in [-0.1, -0.05) is 19.8 Å². The number of fused-ring (bicyclic) bond motifs is 3. The number of aliphatic hydroxyl groups excluding tert-OH is 2. The van der Waals surface area contributed by atoms with E-state index in [-0.39, 0.29) is 24.6 Å². The molecule has 4 aliphatic carbocycles. The number of nitrogens with zero attached hydrogens (tertiary/aromatic N) is 2. The fourth-order valence-corrected chi connectivity index (χ4v) is 7.86. The summed E-state index contributed by atoms with van der Waals surface area (Å²) in [7, 11) is 2.95. The third-order valence-electron chi connectivity index (χ3n) is 9.71. The molecule has 0 radical (unpaired) electrons. The van der Waals surface area contributed by atoms with Crippen LogP contribution in [0.2, 0.25) is 0 Å². The summed E-state index contributed by atoms with van der Waals surface area (Å²) in [5.74, 6) is -8.93. The fourth-order valence-electron chi connectivity index (χ4n) is 7.86. The third-order valence-corrected chi connectivity index (χ3v) is 9.71. The molecule has 4 aliphatic rings. The van der Waals surface area contributed by atoms with Crippen molar-refractivity contribution in [2.24, 2.45) is 17.6 Å². The van der Waals surface area contributed by atoms with Gasteiger partial charge < -0.3 is 26.2 Å². The van der Waals surface area contributed by atoms with Gasteiger partial charge in [-0.05, 0) is 69.4 Å². The van der Waals surface area contributed by atoms with Crippen LogP contribution in [0.5, 0.6) is 5.75 Å². The number of aromatic hydroxyl groups is 1. The number of carbonyl (C=O) groups excluding carboxylic acids is 3. The van der Waals surface area contributed by atoms with Gasteiger partial charge in [0.25, 0.3) is 5.91 Å². The van der Waals surface area contributed by atoms with Gasteiger partial charge in [0, 0.05) is 24.1 Å². The van der Waals surface area contributed by atoms with Crippen molar-refractivity contribution in [2.75, 3.05) is 20.6 Å². The van der Waals surface area contributed by atoms with E-state index in [0.717, 1.165) is 31.7 Å². The van der Waals surface area contributed by atoms with Crippen LogP contribution >= 0.6 is 0 Å². The number of halogens is 3. The van der Waals surface area contributed by atoms with Crippen molar-refractivity contribution in [3.63, 3.8) is 0 Å². The molecule has 43 heavy (non-hydrogen) atoms. The Morgan fingerprint density at radius 3 is 2.30 bits per heavy atom. The average molecular weight is 608 g/mol. The molecule has 1 aromatic rings. The number of phenols is 1. The van der Waals surface area contributed by atoms with E-state index in [1.807, 2.05) is 11.8 Å². The Morgan fingerprint density at radius 2 is 1.77 bits per heavy atom. The number of nitrogens with two attached hydrogens (primary N) is 1. The summed E-state index contributed by atoms with van der Waals surface area (Å²) in [5, 5.41) is 44.9. The standard InChI is InChI=1S/C30H36F3N3O7/c1-4-36(15-7-5-6-8-15)12-14-11-18(37)20-16(22(14)30(31,32)33)9-13-10-17-23(35(2)3)25(39)21(28(34)42)27(41)29(17,43)26(40)19(13)24(20)38/h11,13,15,17,23,37,39-40,43H,4-10,12H2,1-3H3,(H2,34,42)/t13-,17-,23-,29-/m0/s1. The number of rotatable bonds is 6. The lowest BCUT2D eigenvalue weighted by molar-refractivity contribution is -0.148. The number of Topliss-reactive ketones (excluding diaryl/α,β-unsaturated/α-hetero) is 2. The van der Waals surface area contributed by atoms with Gasteiger partial charge in [0.15, 0.2) is 11.4 Å². The number of benzene rings is 1. The average Bonchev–Trinajstić information content (AvgIpc) is 3.43. The summed E-state index contributed by atoms with van der Waals surface area (Å²) in [6.07, 6.45) is -1.94. The number of amides is 1. The molecule has 1 amide bonds. The minimum Gasteiger partial charge on any atom is -0.510 e. The number of allylic oxidation sites excluding steroid dienone is 1. The first-order chi connectivity index (χ1) is 20.0. The number of hydrogen-bond acceptors (Lipinski definition) is 9. The topological polar surface area (TPSA) is 165 Å². The van der Waals surface area contributed by atoms with E-state index in [9.17, 15) is 48.0 Å². The highest BCUT2D eigenvalue weighted by Crippen LogP contribution is 2.54. The molecule has 0 heterocycles. The highest BCUT2D eigenvalue weighted by Gasteiger charge is 2.63. The zero-order valence-electron chi connectivity index (χ0n) is 24.2. The highest BCUT2D eigenvalue weighted by molar-refractivity contribution is 6.24. The fraction of sp³-hybridized carbons (Fsp3) is 0.567. The maximum atomic E-state index is 14.8. The predicted octanol–water partition coefficient (Wildman–Crippen LogP) is 2.90. The van der Waals surface area contributed by atoms with Crippen LogP contribution in [0.15, 0.2) is 28.7 Å². The van der Waals surface area contributed by atoms with Crippen molar-refractivity contribution in [1.82, 2.24) is 9.80 Å². The number of aliphatic hydroxyl groups is 3. The first-order valence-electron chi connectivity index (χ1n) is 14.4. The van der Waals surface area contributed by atoms with Gasteiger partial charge in [-0.25, -0.2) is 0 Å². The van der Waals surface area contributed by atoms with Gasteiger partial charge in [-0.3, -0.25) is 24.2 Å². The second-order valence-corrected chi connectivity index (χ2v) is 12.2. The summed E-state index contributed by atoms with van der Waals surface area (Å²) in [5.41, 5.74) is -1.26. The summed E-state index contributed by atoms with van der Waals surface area (Å²) in [6.45, 7) is 2.26. The molecular formula is C30H36F3N3O7. The van der Waals surface area contributed by atoms with E-state index < -0.39 is 98.7 Å². The van der Waals surface area contributed by atoms with Crippen LogP contribution in [0.25, 0.3) is 0 Å². The number of alkyl halides is 3. The molecule has 13 heteroatoms. The first kappa shape index (κ1) is 31.0. The molecule has 1 saturated carbocycles. The smallest absolute Gasteiger partial charge is 0.417 e. The van der Waals surface area contributed by atoms with Crippen LogP contribution in [-0.4, -0.2) is 86.0 Å². The number of primary amides is 1. The summed E-state index contributed by atoms with van der Waals surface area (Å²) in [6, 6.07) is -0.196. The monoisotopic (exact) mass is 607 g/mol. The molecular weight excluding hydrogens is 571 g/mol. The Kier molecular flexibility index (Phi) is 7.67. The molecule has 5 rings (SSSR count). The van der Waals surface area contributed by atoms with Crippen LogP contribution in [-0.2, 0) is 28.7 Å². The lowest BCUT2D eigenvalue weighted by Crippen LogP contribution is -2.63. The van der Waals surface area contributed by atoms with Crippen molar-refractivity contribution >= 4 is 17.5 Å². The Morgan fingerprint density at radius 1 is 1.14 bits per heavy atom. The highest BCUT2D eigenvalue weighted by atomic mass is 19.4. The maximum absolute atomic E-state index is 14.8. The molecule has 0 spiro atoms. The van der Waals surface area contributed by atoms with Crippen LogP contribution < -0.4 is 5.73 Å². The van der Waals surface area contributed by atoms with Gasteiger partial charge in [-0.15, -0.1) is 0 Å². The van der Waals surface area contributed by atoms with Crippen molar-refractivity contribution in [3.05, 3.63) is 51.0 Å². The second-order valence-electron chi connectivity index (χ2n) is 12.2. The molecule has 0 bridgehead atoms. The Labute approximate surface area is 246 Å². The normalized spacial score (nSPS) is 28.1. The number of phenolic OH excluding ortho intramolecular Hbond substituents is 1. The van der Waals surface area contributed by atoms with Crippen LogP contribution in [0.1, 0.15) is 66.1 Å². The molecule has 0 unspecified atom stereocenters. The Bertz CT molecular complexity index is 1460. The van der Waals surface area contributed by atoms with E-state index in [4.69, 9.17) is 5.73 Å². The second kappa shape index (κ2) is 10.6. The summed E-state index contributed by atoms with van der Waals surface area (Å²) in [4.78, 5) is 42.6. The predicted molar refractivity (Wildman–Crippen MR) is 147 cm³/mol. The van der Waals surface area contributed by atoms with E-state index in [1.54, 1.807) is 0 Å². The minimum atomic E-state index is -4.88. The Balaban J connectivity index is 1.68. The number of hydrogen-bond donors (Lipinski definition) is 5. The van der Waals surface area contributed by atoms with Gasteiger partial charge in [0.1, 0.15) is 22.8 Å². The largest absolute Gasteiger partial charge is 0.510 e. The zero-order valence-corrected chi connectivity index (χ0v) is 24.2. The number of carbonyl (C=O) groups is 3. The van der Waals surface area contributed by atoms with Gasteiger partial charge in [0.2, 0.25) is 5.78 Å². The van der Waals surface area contributed by atoms with Crippen LogP contribution in [0, 0.1) is 11.8 Å². The van der Waals surface area contributed by atoms with Crippen LogP contribution in [0.4, 0.5) is 13.2 Å². The molecule has 4 atom stereocenters. The van der Waals surface area contributed by atoms with Crippen molar-refractivity contribution < 1.29 is 48.0 Å².